The lowest BCUT2D eigenvalue weighted by atomic mass is 9.81. The Bertz CT molecular complexity index is 294. The van der Waals surface area contributed by atoms with Gasteiger partial charge in [-0.3, -0.25) is 0 Å². The van der Waals surface area contributed by atoms with Gasteiger partial charge in [0.05, 0.1) is 0 Å². The van der Waals surface area contributed by atoms with E-state index < -0.39 is 0 Å². The van der Waals surface area contributed by atoms with E-state index in [1.807, 2.05) is 0 Å². The van der Waals surface area contributed by atoms with Crippen LogP contribution in [0.3, 0.4) is 0 Å². The Kier molecular flexibility index (Phi) is 2.76. The number of fused-ring (bicyclic) bond motifs is 2. The maximum absolute atomic E-state index is 2.64. The van der Waals surface area contributed by atoms with E-state index in [9.17, 15) is 0 Å². The Morgan fingerprint density at radius 3 is 2.38 bits per heavy atom. The van der Waals surface area contributed by atoms with Crippen LogP contribution < -0.4 is 0 Å². The number of rotatable bonds is 1. The summed E-state index contributed by atoms with van der Waals surface area (Å²) in [6.45, 7) is 1.12. The van der Waals surface area contributed by atoms with Gasteiger partial charge >= 0.3 is 0 Å². The normalized spacial score (nSPS) is 39.1. The fourth-order valence-corrected chi connectivity index (χ4v) is 3.61. The Morgan fingerprint density at radius 1 is 1.00 bits per heavy atom. The van der Waals surface area contributed by atoms with Crippen molar-refractivity contribution in [1.82, 2.24) is 9.80 Å². The highest BCUT2D eigenvalue weighted by Crippen LogP contribution is 2.34. The minimum Gasteiger partial charge on any atom is -0.371 e. The molecule has 0 radical (unpaired) electrons. The number of nitrogens with zero attached hydrogens (tertiary/aromatic N) is 2. The molecule has 0 aliphatic carbocycles. The first kappa shape index (κ1) is 10.4. The number of piperidine rings is 2. The van der Waals surface area contributed by atoms with Gasteiger partial charge in [0.2, 0.25) is 0 Å². The topological polar surface area (TPSA) is 6.48 Å². The third-order valence-corrected chi connectivity index (χ3v) is 4.62. The molecule has 0 saturated carbocycles. The molecule has 2 unspecified atom stereocenters. The van der Waals surface area contributed by atoms with E-state index in [0.717, 1.165) is 24.7 Å². The van der Waals surface area contributed by atoms with Crippen LogP contribution in [0, 0.1) is 0 Å². The third-order valence-electron chi connectivity index (χ3n) is 4.62. The van der Waals surface area contributed by atoms with Gasteiger partial charge in [0.15, 0.2) is 0 Å². The summed E-state index contributed by atoms with van der Waals surface area (Å²) in [4.78, 5) is 5.18. The molecule has 2 heteroatoms. The molecule has 2 atom stereocenters. The van der Waals surface area contributed by atoms with Crippen LogP contribution in [0.5, 0.6) is 0 Å². The molecule has 0 amide bonds. The highest BCUT2D eigenvalue weighted by molar-refractivity contribution is 5.10. The Balaban J connectivity index is 1.70. The first-order chi connectivity index (χ1) is 7.84. The summed E-state index contributed by atoms with van der Waals surface area (Å²) in [6.07, 6.45) is 15.9. The van der Waals surface area contributed by atoms with Crippen LogP contribution in [0.25, 0.3) is 0 Å². The van der Waals surface area contributed by atoms with Crippen molar-refractivity contribution in [3.05, 3.63) is 24.4 Å². The third kappa shape index (κ3) is 1.80. The molecule has 2 fully saturated rings. The number of allylic oxidation sites excluding steroid dienone is 2. The minimum absolute atomic E-state index is 0.785. The molecule has 3 aliphatic rings. The summed E-state index contributed by atoms with van der Waals surface area (Å²) in [5, 5.41) is 0. The zero-order valence-electron chi connectivity index (χ0n) is 10.2. The van der Waals surface area contributed by atoms with Gasteiger partial charge in [-0.1, -0.05) is 18.6 Å². The van der Waals surface area contributed by atoms with Crippen molar-refractivity contribution < 1.29 is 0 Å². The van der Waals surface area contributed by atoms with Crippen molar-refractivity contribution >= 4 is 0 Å². The van der Waals surface area contributed by atoms with Crippen LogP contribution in [0.1, 0.15) is 32.1 Å². The summed E-state index contributed by atoms with van der Waals surface area (Å²) in [6, 6.07) is 2.47. The fraction of sp³-hybridized carbons (Fsp3) is 0.714. The van der Waals surface area contributed by atoms with E-state index in [1.54, 1.807) is 0 Å². The fourth-order valence-electron chi connectivity index (χ4n) is 3.61. The first-order valence-electron chi connectivity index (χ1n) is 6.65. The Morgan fingerprint density at radius 2 is 1.75 bits per heavy atom. The van der Waals surface area contributed by atoms with Crippen molar-refractivity contribution in [2.45, 2.75) is 50.2 Å². The van der Waals surface area contributed by atoms with Crippen LogP contribution in [0.2, 0.25) is 0 Å². The second-order valence-corrected chi connectivity index (χ2v) is 5.50. The van der Waals surface area contributed by atoms with Gasteiger partial charge in [-0.05, 0) is 45.0 Å². The summed E-state index contributed by atoms with van der Waals surface area (Å²) in [5.41, 5.74) is 0. The largest absolute Gasteiger partial charge is 0.371 e. The average molecular weight is 218 g/mol. The van der Waals surface area contributed by atoms with E-state index in [1.165, 1.54) is 32.1 Å². The predicted octanol–water partition coefficient (Wildman–Crippen LogP) is 2.39. The smallest absolute Gasteiger partial charge is 0.0360 e. The van der Waals surface area contributed by atoms with Crippen molar-refractivity contribution in [2.75, 3.05) is 13.6 Å². The van der Waals surface area contributed by atoms with Crippen molar-refractivity contribution in [1.29, 1.82) is 0 Å². The lowest BCUT2D eigenvalue weighted by Gasteiger charge is -2.49. The molecule has 0 aromatic heterocycles. The molecule has 88 valence electrons. The van der Waals surface area contributed by atoms with E-state index in [2.05, 4.69) is 41.3 Å². The van der Waals surface area contributed by atoms with Gasteiger partial charge in [0.25, 0.3) is 0 Å². The summed E-state index contributed by atoms with van der Waals surface area (Å²) in [5.74, 6) is 0. The van der Waals surface area contributed by atoms with Crippen molar-refractivity contribution in [3.8, 4) is 0 Å². The van der Waals surface area contributed by atoms with Gasteiger partial charge in [-0.2, -0.15) is 0 Å². The van der Waals surface area contributed by atoms with E-state index >= 15 is 0 Å². The molecular formula is C14H22N2. The van der Waals surface area contributed by atoms with Gasteiger partial charge < -0.3 is 9.80 Å². The van der Waals surface area contributed by atoms with Crippen LogP contribution in [0.15, 0.2) is 24.4 Å². The highest BCUT2D eigenvalue weighted by atomic mass is 15.2. The molecule has 0 aromatic rings. The van der Waals surface area contributed by atoms with Gasteiger partial charge in [0, 0.05) is 24.7 Å². The minimum atomic E-state index is 0.785. The molecular weight excluding hydrogens is 196 g/mol. The zero-order valence-corrected chi connectivity index (χ0v) is 10.2. The standard InChI is InChI=1S/C14H22N2/c1-15-12-6-5-7-13(15)11-14(10-12)16-8-3-2-4-9-16/h2-4,8,12-14H,5-7,9-11H2,1H3. The van der Waals surface area contributed by atoms with Gasteiger partial charge in [-0.25, -0.2) is 0 Å². The summed E-state index contributed by atoms with van der Waals surface area (Å²) in [7, 11) is 2.33. The number of hydrogen-bond donors (Lipinski definition) is 0. The quantitative estimate of drug-likeness (QED) is 0.667. The second-order valence-electron chi connectivity index (χ2n) is 5.50. The van der Waals surface area contributed by atoms with E-state index in [4.69, 9.17) is 0 Å². The highest BCUT2D eigenvalue weighted by Gasteiger charge is 2.37. The van der Waals surface area contributed by atoms with Gasteiger partial charge in [-0.15, -0.1) is 0 Å². The van der Waals surface area contributed by atoms with Crippen LogP contribution in [-0.2, 0) is 0 Å². The maximum Gasteiger partial charge on any atom is 0.0360 e. The van der Waals surface area contributed by atoms with E-state index in [-0.39, 0.29) is 0 Å². The van der Waals surface area contributed by atoms with Gasteiger partial charge in [0.1, 0.15) is 0 Å². The zero-order chi connectivity index (χ0) is 11.0. The van der Waals surface area contributed by atoms with Crippen molar-refractivity contribution in [3.63, 3.8) is 0 Å². The summed E-state index contributed by atoms with van der Waals surface area (Å²) >= 11 is 0. The maximum atomic E-state index is 2.64. The molecule has 2 saturated heterocycles. The molecule has 16 heavy (non-hydrogen) atoms. The SMILES string of the molecule is CN1C2CCCC1CC(N1C=CC=CC1)C2. The summed E-state index contributed by atoms with van der Waals surface area (Å²) < 4.78 is 0. The molecule has 3 rings (SSSR count). The monoisotopic (exact) mass is 218 g/mol. The van der Waals surface area contributed by atoms with E-state index in [0.29, 0.717) is 0 Å². The second kappa shape index (κ2) is 4.25. The van der Waals surface area contributed by atoms with Crippen molar-refractivity contribution in [2.24, 2.45) is 0 Å². The molecule has 0 N–H and O–H groups in total. The molecule has 3 aliphatic heterocycles. The molecule has 2 nitrogen and oxygen atoms in total. The molecule has 2 bridgehead atoms. The lowest BCUT2D eigenvalue weighted by molar-refractivity contribution is 0.0245. The molecule has 0 spiro atoms. The number of hydrogen-bond acceptors (Lipinski definition) is 2. The Hall–Kier alpha value is -0.760. The van der Waals surface area contributed by atoms with Crippen LogP contribution in [0.4, 0.5) is 0 Å². The van der Waals surface area contributed by atoms with Crippen LogP contribution in [-0.4, -0.2) is 41.5 Å². The lowest BCUT2D eigenvalue weighted by Crippen LogP contribution is -2.54. The van der Waals surface area contributed by atoms with Crippen LogP contribution >= 0.6 is 0 Å². The predicted molar refractivity (Wildman–Crippen MR) is 67.2 cm³/mol. The first-order valence-corrected chi connectivity index (χ1v) is 6.65. The Labute approximate surface area is 98.6 Å². The molecule has 0 aromatic carbocycles. The molecule has 3 heterocycles. The average Bonchev–Trinajstić information content (AvgIpc) is 2.30.